The molecule has 9 aliphatic rings. The van der Waals surface area contributed by atoms with Crippen molar-refractivity contribution in [2.75, 3.05) is 0 Å². The summed E-state index contributed by atoms with van der Waals surface area (Å²) in [5.41, 5.74) is 1.37. The summed E-state index contributed by atoms with van der Waals surface area (Å²) in [4.78, 5) is 3.93. The molecule has 1 aromatic heterocycles. The molecule has 2 aromatic rings. The Labute approximate surface area is 265 Å². The Balaban J connectivity index is 1.05. The smallest absolute Gasteiger partial charge is 0.215 e. The van der Waals surface area contributed by atoms with Crippen molar-refractivity contribution in [3.63, 3.8) is 0 Å². The van der Waals surface area contributed by atoms with Crippen LogP contribution in [0.3, 0.4) is 0 Å². The Kier molecular flexibility index (Phi) is 4.80. The lowest BCUT2D eigenvalue weighted by molar-refractivity contribution is -0.540. The molecule has 11 rings (SSSR count). The lowest BCUT2D eigenvalue weighted by atomic mass is 9.40. The average molecular weight is 618 g/mol. The van der Waals surface area contributed by atoms with Crippen LogP contribution < -0.4 is 0 Å². The molecule has 10 atom stereocenters. The van der Waals surface area contributed by atoms with Gasteiger partial charge in [0, 0.05) is 40.3 Å². The van der Waals surface area contributed by atoms with Crippen LogP contribution in [0.5, 0.6) is 0 Å². The summed E-state index contributed by atoms with van der Waals surface area (Å²) < 4.78 is 39.0. The van der Waals surface area contributed by atoms with Crippen molar-refractivity contribution in [2.24, 2.45) is 11.3 Å². The van der Waals surface area contributed by atoms with Crippen LogP contribution in [0.25, 0.3) is 10.9 Å². The van der Waals surface area contributed by atoms with Crippen molar-refractivity contribution in [1.29, 1.82) is 0 Å². The summed E-state index contributed by atoms with van der Waals surface area (Å²) in [6.45, 7) is 17.3. The molecular formula is C37H47NO7. The number of aromatic nitrogens is 1. The Hall–Kier alpha value is -1.94. The lowest BCUT2D eigenvalue weighted by Crippen LogP contribution is -2.88. The van der Waals surface area contributed by atoms with Crippen molar-refractivity contribution in [3.8, 4) is 0 Å². The van der Waals surface area contributed by atoms with E-state index in [-0.39, 0.29) is 28.8 Å². The van der Waals surface area contributed by atoms with Gasteiger partial charge in [-0.25, -0.2) is 0 Å². The van der Waals surface area contributed by atoms with Gasteiger partial charge in [0.15, 0.2) is 18.0 Å². The molecule has 3 aliphatic carbocycles. The zero-order chi connectivity index (χ0) is 31.4. The minimum Gasteiger partial charge on any atom is -0.483 e. The molecule has 242 valence electrons. The number of rotatable bonds is 3. The Morgan fingerprint density at radius 1 is 0.933 bits per heavy atom. The molecule has 45 heavy (non-hydrogen) atoms. The zero-order valence-corrected chi connectivity index (χ0v) is 27.8. The third kappa shape index (κ3) is 3.04. The molecular weight excluding hydrogens is 570 g/mol. The summed E-state index contributed by atoms with van der Waals surface area (Å²) in [7, 11) is 0. The summed E-state index contributed by atoms with van der Waals surface area (Å²) in [5, 5.41) is 14.7. The van der Waals surface area contributed by atoms with E-state index in [2.05, 4.69) is 70.8 Å². The van der Waals surface area contributed by atoms with Gasteiger partial charge in [-0.1, -0.05) is 26.0 Å². The third-order valence-corrected chi connectivity index (χ3v) is 14.2. The predicted octanol–water partition coefficient (Wildman–Crippen LogP) is 5.72. The number of aromatic amines is 1. The monoisotopic (exact) mass is 617 g/mol. The summed E-state index contributed by atoms with van der Waals surface area (Å²) in [6.07, 6.45) is 6.08. The molecule has 8 unspecified atom stereocenters. The van der Waals surface area contributed by atoms with Crippen molar-refractivity contribution >= 4 is 10.9 Å². The number of allylic oxidation sites excluding steroid dienone is 1. The Morgan fingerprint density at radius 3 is 2.36 bits per heavy atom. The minimum absolute atomic E-state index is 0.0521. The van der Waals surface area contributed by atoms with E-state index in [9.17, 15) is 5.11 Å². The number of aliphatic hydroxyl groups is 1. The maximum absolute atomic E-state index is 13.3. The SMILES string of the molecule is CC1(C)OC1Cc1cccc2[nH]c3c(c12)CC1CC[C@@]2(O)C45CC6(OC(C7OC7(C)C)OC(C)(C)C6OC4=CCC2(C)[C@@]31C)O5. The number of fused-ring (bicyclic) bond motifs is 7. The van der Waals surface area contributed by atoms with Gasteiger partial charge in [-0.2, -0.15) is 0 Å². The van der Waals surface area contributed by atoms with E-state index >= 15 is 0 Å². The van der Waals surface area contributed by atoms with Crippen LogP contribution in [0.1, 0.15) is 97.9 Å². The summed E-state index contributed by atoms with van der Waals surface area (Å²) in [5.74, 6) is 0.180. The average Bonchev–Trinajstić information content (AvgIpc) is 3.64. The fourth-order valence-electron chi connectivity index (χ4n) is 11.3. The number of epoxide rings is 2. The first-order valence-electron chi connectivity index (χ1n) is 17.1. The van der Waals surface area contributed by atoms with Crippen molar-refractivity contribution in [2.45, 2.75) is 158 Å². The highest BCUT2D eigenvalue weighted by Crippen LogP contribution is 2.75. The van der Waals surface area contributed by atoms with Gasteiger partial charge in [0.05, 0.1) is 17.3 Å². The van der Waals surface area contributed by atoms with Crippen LogP contribution in [0.4, 0.5) is 0 Å². The molecule has 6 aliphatic heterocycles. The Bertz CT molecular complexity index is 1710. The lowest BCUT2D eigenvalue weighted by Gasteiger charge is -2.76. The normalized spacial score (nSPS) is 50.2. The fraction of sp³-hybridized carbons (Fsp3) is 0.730. The number of ether oxygens (including phenoxy) is 6. The van der Waals surface area contributed by atoms with E-state index in [1.165, 1.54) is 27.7 Å². The molecule has 2 bridgehead atoms. The molecule has 0 amide bonds. The number of nitrogens with one attached hydrogen (secondary N) is 1. The van der Waals surface area contributed by atoms with Gasteiger partial charge in [0.25, 0.3) is 0 Å². The molecule has 7 fully saturated rings. The maximum Gasteiger partial charge on any atom is 0.215 e. The van der Waals surface area contributed by atoms with E-state index in [0.29, 0.717) is 25.2 Å². The third-order valence-electron chi connectivity index (χ3n) is 14.2. The second-order valence-corrected chi connectivity index (χ2v) is 17.6. The first-order chi connectivity index (χ1) is 21.0. The van der Waals surface area contributed by atoms with Crippen LogP contribution in [-0.4, -0.2) is 68.5 Å². The van der Waals surface area contributed by atoms with Gasteiger partial charge in [-0.05, 0) is 96.4 Å². The standard InChI is InChI=1S/C37H47NO7/c1-30(2)24(41-30)16-19-10-9-11-22-25(19)21-17-20-12-15-37(39)33(7,34(20,8)26(21)38-22)14-13-23-35(37)18-36(45-35)29(40-23)32(5,6)43-28(44-36)27-31(3,4)42-27/h9-11,13,20,24,27-29,38-39H,12,14-18H2,1-8H3/t20?,24?,27?,28?,29?,33?,34-,35?,36?,37+/m1/s1. The molecule has 2 spiro atoms. The van der Waals surface area contributed by atoms with Gasteiger partial charge in [-0.3, -0.25) is 0 Å². The molecule has 8 nitrogen and oxygen atoms in total. The summed E-state index contributed by atoms with van der Waals surface area (Å²) in [6, 6.07) is 6.65. The number of H-pyrrole nitrogens is 1. The first-order valence-corrected chi connectivity index (χ1v) is 17.1. The quantitative estimate of drug-likeness (QED) is 0.425. The van der Waals surface area contributed by atoms with Crippen molar-refractivity contribution in [1.82, 2.24) is 4.98 Å². The van der Waals surface area contributed by atoms with Crippen LogP contribution >= 0.6 is 0 Å². The topological polar surface area (TPSA) is 98.0 Å². The van der Waals surface area contributed by atoms with Gasteiger partial charge in [0.2, 0.25) is 5.79 Å². The largest absolute Gasteiger partial charge is 0.483 e. The van der Waals surface area contributed by atoms with Crippen LogP contribution in [0, 0.1) is 11.3 Å². The molecule has 6 saturated heterocycles. The van der Waals surface area contributed by atoms with Crippen LogP contribution in [-0.2, 0) is 46.7 Å². The van der Waals surface area contributed by atoms with Gasteiger partial charge in [0.1, 0.15) is 23.1 Å². The van der Waals surface area contributed by atoms with Gasteiger partial charge < -0.3 is 38.5 Å². The molecule has 2 N–H and O–H groups in total. The zero-order valence-electron chi connectivity index (χ0n) is 27.8. The van der Waals surface area contributed by atoms with E-state index in [1.54, 1.807) is 0 Å². The van der Waals surface area contributed by atoms with Gasteiger partial charge in [-0.15, -0.1) is 0 Å². The predicted molar refractivity (Wildman–Crippen MR) is 166 cm³/mol. The second kappa shape index (κ2) is 7.68. The molecule has 0 radical (unpaired) electrons. The highest BCUT2D eigenvalue weighted by Gasteiger charge is 2.85. The second-order valence-electron chi connectivity index (χ2n) is 17.6. The maximum atomic E-state index is 13.3. The number of benzene rings is 1. The van der Waals surface area contributed by atoms with E-state index in [1.807, 2.05) is 13.8 Å². The number of hydrogen-bond acceptors (Lipinski definition) is 7. The first kappa shape index (κ1) is 28.1. The fourth-order valence-corrected chi connectivity index (χ4v) is 11.3. The van der Waals surface area contributed by atoms with Crippen molar-refractivity contribution < 1.29 is 33.5 Å². The minimum atomic E-state index is -1.14. The highest BCUT2D eigenvalue weighted by molar-refractivity contribution is 5.89. The van der Waals surface area contributed by atoms with E-state index < -0.39 is 40.4 Å². The highest BCUT2D eigenvalue weighted by atomic mass is 16.9. The molecule has 8 heteroatoms. The van der Waals surface area contributed by atoms with E-state index in [0.717, 1.165) is 25.0 Å². The van der Waals surface area contributed by atoms with Gasteiger partial charge >= 0.3 is 0 Å². The molecule has 1 saturated carbocycles. The summed E-state index contributed by atoms with van der Waals surface area (Å²) >= 11 is 0. The molecule has 1 aromatic carbocycles. The Morgan fingerprint density at radius 2 is 1.67 bits per heavy atom. The van der Waals surface area contributed by atoms with Crippen LogP contribution in [0.15, 0.2) is 30.0 Å². The molecule has 7 heterocycles. The van der Waals surface area contributed by atoms with Crippen molar-refractivity contribution in [3.05, 3.63) is 46.9 Å². The number of hydrogen-bond donors (Lipinski definition) is 2. The van der Waals surface area contributed by atoms with E-state index in [4.69, 9.17) is 28.4 Å². The van der Waals surface area contributed by atoms with Crippen LogP contribution in [0.2, 0.25) is 0 Å².